The largest absolute Gasteiger partial charge is 0.310 e. The van der Waals surface area contributed by atoms with Crippen LogP contribution in [0.25, 0.3) is 0 Å². The first-order valence-electron chi connectivity index (χ1n) is 7.85. The number of hydrogen-bond acceptors (Lipinski definition) is 2. The van der Waals surface area contributed by atoms with Crippen LogP contribution in [0.3, 0.4) is 0 Å². The van der Waals surface area contributed by atoms with Gasteiger partial charge in [-0.15, -0.1) is 0 Å². The van der Waals surface area contributed by atoms with Gasteiger partial charge in [0.2, 0.25) is 0 Å². The number of halogens is 1. The summed E-state index contributed by atoms with van der Waals surface area (Å²) in [5, 5.41) is 3.47. The molecule has 0 aliphatic heterocycles. The van der Waals surface area contributed by atoms with E-state index in [4.69, 9.17) is 0 Å². The Bertz CT molecular complexity index is 368. The Hall–Kier alpha value is -0.930. The summed E-state index contributed by atoms with van der Waals surface area (Å²) >= 11 is 0. The highest BCUT2D eigenvalue weighted by molar-refractivity contribution is 5.21. The SMILES string of the molecule is CCCCN(C)CCC(NCCC)c1ccccc1F. The van der Waals surface area contributed by atoms with Crippen molar-refractivity contribution in [2.45, 2.75) is 45.6 Å². The Balaban J connectivity index is 2.58. The summed E-state index contributed by atoms with van der Waals surface area (Å²) in [7, 11) is 2.15. The molecule has 0 spiro atoms. The van der Waals surface area contributed by atoms with Crippen molar-refractivity contribution >= 4 is 0 Å². The van der Waals surface area contributed by atoms with Crippen LogP contribution < -0.4 is 5.32 Å². The summed E-state index contributed by atoms with van der Waals surface area (Å²) in [6, 6.07) is 7.23. The molecule has 0 aliphatic rings. The fraction of sp³-hybridized carbons (Fsp3) is 0.647. The summed E-state index contributed by atoms with van der Waals surface area (Å²) in [5.41, 5.74) is 0.796. The van der Waals surface area contributed by atoms with Crippen molar-refractivity contribution in [1.29, 1.82) is 0 Å². The lowest BCUT2D eigenvalue weighted by Gasteiger charge is -2.23. The maximum atomic E-state index is 13.9. The second kappa shape index (κ2) is 9.89. The molecule has 1 aromatic carbocycles. The molecule has 1 atom stereocenters. The molecule has 0 aromatic heterocycles. The van der Waals surface area contributed by atoms with Crippen LogP contribution in [0.4, 0.5) is 4.39 Å². The highest BCUT2D eigenvalue weighted by atomic mass is 19.1. The molecule has 0 aliphatic carbocycles. The van der Waals surface area contributed by atoms with Crippen molar-refractivity contribution < 1.29 is 4.39 Å². The molecule has 1 rings (SSSR count). The molecule has 1 N–H and O–H groups in total. The van der Waals surface area contributed by atoms with Gasteiger partial charge in [0.15, 0.2) is 0 Å². The molecule has 0 saturated heterocycles. The lowest BCUT2D eigenvalue weighted by Crippen LogP contribution is -2.29. The van der Waals surface area contributed by atoms with Gasteiger partial charge in [-0.1, -0.05) is 38.5 Å². The first-order chi connectivity index (χ1) is 9.69. The Morgan fingerprint density at radius 3 is 2.55 bits per heavy atom. The van der Waals surface area contributed by atoms with E-state index in [9.17, 15) is 4.39 Å². The van der Waals surface area contributed by atoms with Crippen molar-refractivity contribution in [2.75, 3.05) is 26.7 Å². The molecular weight excluding hydrogens is 251 g/mol. The molecule has 1 unspecified atom stereocenters. The minimum absolute atomic E-state index is 0.0997. The second-order valence-electron chi connectivity index (χ2n) is 5.47. The summed E-state index contributed by atoms with van der Waals surface area (Å²) in [6.07, 6.45) is 4.45. The highest BCUT2D eigenvalue weighted by Crippen LogP contribution is 2.20. The molecule has 0 amide bonds. The molecule has 20 heavy (non-hydrogen) atoms. The van der Waals surface area contributed by atoms with E-state index in [1.54, 1.807) is 12.1 Å². The van der Waals surface area contributed by atoms with Gasteiger partial charge in [0.05, 0.1) is 0 Å². The highest BCUT2D eigenvalue weighted by Gasteiger charge is 2.15. The lowest BCUT2D eigenvalue weighted by molar-refractivity contribution is 0.301. The van der Waals surface area contributed by atoms with Gasteiger partial charge < -0.3 is 10.2 Å². The first kappa shape index (κ1) is 17.1. The molecule has 0 saturated carbocycles. The summed E-state index contributed by atoms with van der Waals surface area (Å²) in [6.45, 7) is 7.39. The third-order valence-electron chi connectivity index (χ3n) is 3.61. The van der Waals surface area contributed by atoms with Gasteiger partial charge in [-0.05, 0) is 52.0 Å². The smallest absolute Gasteiger partial charge is 0.127 e. The Morgan fingerprint density at radius 2 is 1.90 bits per heavy atom. The third kappa shape index (κ3) is 6.02. The molecule has 1 aromatic rings. The Kier molecular flexibility index (Phi) is 8.47. The Morgan fingerprint density at radius 1 is 1.15 bits per heavy atom. The van der Waals surface area contributed by atoms with E-state index in [1.807, 2.05) is 12.1 Å². The second-order valence-corrected chi connectivity index (χ2v) is 5.47. The zero-order valence-electron chi connectivity index (χ0n) is 13.2. The van der Waals surface area contributed by atoms with E-state index < -0.39 is 0 Å². The van der Waals surface area contributed by atoms with Crippen LogP contribution in [0, 0.1) is 5.82 Å². The number of benzene rings is 1. The van der Waals surface area contributed by atoms with E-state index in [2.05, 4.69) is 31.1 Å². The third-order valence-corrected chi connectivity index (χ3v) is 3.61. The molecule has 0 heterocycles. The van der Waals surface area contributed by atoms with Gasteiger partial charge in [0.1, 0.15) is 5.82 Å². The average Bonchev–Trinajstić information content (AvgIpc) is 2.46. The predicted octanol–water partition coefficient (Wildman–Crippen LogP) is 3.99. The zero-order chi connectivity index (χ0) is 14.8. The van der Waals surface area contributed by atoms with Crippen LogP contribution >= 0.6 is 0 Å². The van der Waals surface area contributed by atoms with Gasteiger partial charge in [0, 0.05) is 11.6 Å². The molecule has 3 heteroatoms. The monoisotopic (exact) mass is 280 g/mol. The van der Waals surface area contributed by atoms with Crippen LogP contribution in [-0.2, 0) is 0 Å². The molecule has 0 bridgehead atoms. The van der Waals surface area contributed by atoms with Crippen LogP contribution in [0.1, 0.15) is 51.1 Å². The standard InChI is InChI=1S/C17H29FN2/c1-4-6-13-20(3)14-11-17(19-12-5-2)15-9-7-8-10-16(15)18/h7-10,17,19H,4-6,11-14H2,1-3H3. The normalized spacial score (nSPS) is 12.8. The van der Waals surface area contributed by atoms with Crippen LogP contribution in [0.5, 0.6) is 0 Å². The molecule has 2 nitrogen and oxygen atoms in total. The van der Waals surface area contributed by atoms with Crippen molar-refractivity contribution in [1.82, 2.24) is 10.2 Å². The van der Waals surface area contributed by atoms with Crippen molar-refractivity contribution in [3.05, 3.63) is 35.6 Å². The first-order valence-corrected chi connectivity index (χ1v) is 7.85. The van der Waals surface area contributed by atoms with E-state index in [1.165, 1.54) is 12.8 Å². The van der Waals surface area contributed by atoms with Gasteiger partial charge in [-0.25, -0.2) is 4.39 Å². The van der Waals surface area contributed by atoms with Crippen LogP contribution in [0.15, 0.2) is 24.3 Å². The maximum absolute atomic E-state index is 13.9. The number of rotatable bonds is 10. The fourth-order valence-electron chi connectivity index (χ4n) is 2.33. The van der Waals surface area contributed by atoms with E-state index in [0.29, 0.717) is 0 Å². The van der Waals surface area contributed by atoms with Crippen LogP contribution in [0.2, 0.25) is 0 Å². The minimum atomic E-state index is -0.0997. The number of nitrogens with zero attached hydrogens (tertiary/aromatic N) is 1. The average molecular weight is 280 g/mol. The van der Waals surface area contributed by atoms with E-state index in [-0.39, 0.29) is 11.9 Å². The zero-order valence-corrected chi connectivity index (χ0v) is 13.2. The number of unbranched alkanes of at least 4 members (excludes halogenated alkanes) is 1. The molecule has 114 valence electrons. The van der Waals surface area contributed by atoms with Crippen molar-refractivity contribution in [3.8, 4) is 0 Å². The van der Waals surface area contributed by atoms with E-state index >= 15 is 0 Å². The topological polar surface area (TPSA) is 15.3 Å². The van der Waals surface area contributed by atoms with E-state index in [0.717, 1.165) is 38.0 Å². The van der Waals surface area contributed by atoms with Crippen molar-refractivity contribution in [2.24, 2.45) is 0 Å². The summed E-state index contributed by atoms with van der Waals surface area (Å²) in [5.74, 6) is -0.0997. The molecule has 0 fully saturated rings. The predicted molar refractivity (Wildman–Crippen MR) is 84.5 cm³/mol. The lowest BCUT2D eigenvalue weighted by atomic mass is 10.0. The summed E-state index contributed by atoms with van der Waals surface area (Å²) < 4.78 is 13.9. The minimum Gasteiger partial charge on any atom is -0.310 e. The van der Waals surface area contributed by atoms with Crippen LogP contribution in [-0.4, -0.2) is 31.6 Å². The molecule has 0 radical (unpaired) electrons. The van der Waals surface area contributed by atoms with Gasteiger partial charge in [0.25, 0.3) is 0 Å². The van der Waals surface area contributed by atoms with Crippen molar-refractivity contribution in [3.63, 3.8) is 0 Å². The van der Waals surface area contributed by atoms with Gasteiger partial charge in [-0.2, -0.15) is 0 Å². The number of nitrogens with one attached hydrogen (secondary N) is 1. The van der Waals surface area contributed by atoms with Gasteiger partial charge in [-0.3, -0.25) is 0 Å². The Labute approximate surface area is 123 Å². The van der Waals surface area contributed by atoms with Gasteiger partial charge >= 0.3 is 0 Å². The fourth-order valence-corrected chi connectivity index (χ4v) is 2.33. The number of hydrogen-bond donors (Lipinski definition) is 1. The maximum Gasteiger partial charge on any atom is 0.127 e. The summed E-state index contributed by atoms with van der Waals surface area (Å²) in [4.78, 5) is 2.34. The quantitative estimate of drug-likeness (QED) is 0.697. The molecular formula is C17H29FN2.